The Morgan fingerprint density at radius 3 is 2.54 bits per heavy atom. The van der Waals surface area contributed by atoms with Gasteiger partial charge in [-0.15, -0.1) is 17.0 Å². The number of aromatic nitrogens is 1. The van der Waals surface area contributed by atoms with E-state index in [0.717, 1.165) is 11.2 Å². The fourth-order valence-electron chi connectivity index (χ4n) is 1.41. The van der Waals surface area contributed by atoms with Gasteiger partial charge in [-0.2, -0.15) is 0 Å². The lowest BCUT2D eigenvalue weighted by atomic mass is 10.1. The molecule has 1 aromatic carbocycles. The summed E-state index contributed by atoms with van der Waals surface area (Å²) in [5.74, 6) is 0. The smallest absolute Gasteiger partial charge is 0.0707 e. The molecule has 0 amide bonds. The summed E-state index contributed by atoms with van der Waals surface area (Å²) < 4.78 is 0. The second-order valence-electron chi connectivity index (χ2n) is 3.09. The fraction of sp³-hybridized carbons (Fsp3) is 0.182. The molecular weight excluding hydrogens is 226 g/mol. The fourth-order valence-corrected chi connectivity index (χ4v) is 1.41. The SMILES string of the molecule is Br.Cc1ccc2c(C)cccc2n1. The summed E-state index contributed by atoms with van der Waals surface area (Å²) in [5.41, 5.74) is 3.46. The molecule has 0 bridgehead atoms. The Bertz CT molecular complexity index is 423. The zero-order valence-corrected chi connectivity index (χ0v) is 9.46. The highest BCUT2D eigenvalue weighted by Gasteiger charge is 1.96. The molecule has 0 aliphatic rings. The average Bonchev–Trinajstić information content (AvgIpc) is 2.04. The second-order valence-corrected chi connectivity index (χ2v) is 3.09. The molecule has 0 saturated heterocycles. The highest BCUT2D eigenvalue weighted by Crippen LogP contribution is 2.15. The number of halogens is 1. The number of pyridine rings is 1. The molecule has 0 aliphatic heterocycles. The van der Waals surface area contributed by atoms with Gasteiger partial charge in [0.15, 0.2) is 0 Å². The van der Waals surface area contributed by atoms with Gasteiger partial charge in [0.25, 0.3) is 0 Å². The van der Waals surface area contributed by atoms with E-state index in [9.17, 15) is 0 Å². The van der Waals surface area contributed by atoms with Gasteiger partial charge in [-0.05, 0) is 31.5 Å². The lowest BCUT2D eigenvalue weighted by molar-refractivity contribution is 1.25. The van der Waals surface area contributed by atoms with Gasteiger partial charge in [0, 0.05) is 11.1 Å². The van der Waals surface area contributed by atoms with Gasteiger partial charge in [0.05, 0.1) is 5.52 Å². The van der Waals surface area contributed by atoms with E-state index in [0.29, 0.717) is 0 Å². The topological polar surface area (TPSA) is 12.9 Å². The molecular formula is C11H12BrN. The molecule has 1 nitrogen and oxygen atoms in total. The average molecular weight is 238 g/mol. The zero-order valence-electron chi connectivity index (χ0n) is 7.74. The second kappa shape index (κ2) is 3.88. The summed E-state index contributed by atoms with van der Waals surface area (Å²) in [6, 6.07) is 10.4. The standard InChI is InChI=1S/C11H11N.BrH/c1-8-4-3-5-11-10(8)7-6-9(2)12-11;/h3-7H,1-2H3;1H. The van der Waals surface area contributed by atoms with Crippen molar-refractivity contribution in [1.82, 2.24) is 4.98 Å². The van der Waals surface area contributed by atoms with Gasteiger partial charge in [-0.1, -0.05) is 18.2 Å². The van der Waals surface area contributed by atoms with Crippen LogP contribution in [0.5, 0.6) is 0 Å². The number of rotatable bonds is 0. The van der Waals surface area contributed by atoms with Crippen molar-refractivity contribution >= 4 is 27.9 Å². The first kappa shape index (κ1) is 10.2. The largest absolute Gasteiger partial charge is 0.253 e. The van der Waals surface area contributed by atoms with E-state index in [1.807, 2.05) is 13.0 Å². The maximum absolute atomic E-state index is 4.44. The molecule has 1 aromatic heterocycles. The van der Waals surface area contributed by atoms with E-state index in [4.69, 9.17) is 0 Å². The molecule has 0 fully saturated rings. The van der Waals surface area contributed by atoms with E-state index < -0.39 is 0 Å². The van der Waals surface area contributed by atoms with Crippen LogP contribution in [0.4, 0.5) is 0 Å². The van der Waals surface area contributed by atoms with Crippen LogP contribution in [0.2, 0.25) is 0 Å². The van der Waals surface area contributed by atoms with E-state index in [-0.39, 0.29) is 17.0 Å². The van der Waals surface area contributed by atoms with Gasteiger partial charge in [-0.3, -0.25) is 4.98 Å². The Kier molecular flexibility index (Phi) is 3.04. The Morgan fingerprint density at radius 2 is 1.77 bits per heavy atom. The van der Waals surface area contributed by atoms with Crippen LogP contribution in [-0.4, -0.2) is 4.98 Å². The highest BCUT2D eigenvalue weighted by molar-refractivity contribution is 8.93. The van der Waals surface area contributed by atoms with Crippen molar-refractivity contribution in [2.45, 2.75) is 13.8 Å². The van der Waals surface area contributed by atoms with Gasteiger partial charge >= 0.3 is 0 Å². The number of nitrogens with zero attached hydrogens (tertiary/aromatic N) is 1. The van der Waals surface area contributed by atoms with Gasteiger partial charge in [0.1, 0.15) is 0 Å². The Morgan fingerprint density at radius 1 is 1.00 bits per heavy atom. The molecule has 0 unspecified atom stereocenters. The normalized spacial score (nSPS) is 9.69. The van der Waals surface area contributed by atoms with Gasteiger partial charge < -0.3 is 0 Å². The highest BCUT2D eigenvalue weighted by atomic mass is 79.9. The maximum Gasteiger partial charge on any atom is 0.0707 e. The molecule has 2 rings (SSSR count). The minimum absolute atomic E-state index is 0. The lowest BCUT2D eigenvalue weighted by Crippen LogP contribution is -1.84. The third kappa shape index (κ3) is 1.89. The summed E-state index contributed by atoms with van der Waals surface area (Å²) in [4.78, 5) is 4.44. The Hall–Kier alpha value is -0.890. The van der Waals surface area contributed by atoms with Gasteiger partial charge in [-0.25, -0.2) is 0 Å². The first-order chi connectivity index (χ1) is 5.77. The molecule has 68 valence electrons. The maximum atomic E-state index is 4.44. The summed E-state index contributed by atoms with van der Waals surface area (Å²) >= 11 is 0. The van der Waals surface area contributed by atoms with Crippen LogP contribution in [0, 0.1) is 13.8 Å². The molecule has 0 atom stereocenters. The van der Waals surface area contributed by atoms with Crippen molar-refractivity contribution in [3.05, 3.63) is 41.6 Å². The van der Waals surface area contributed by atoms with Crippen molar-refractivity contribution in [2.24, 2.45) is 0 Å². The van der Waals surface area contributed by atoms with Crippen LogP contribution < -0.4 is 0 Å². The summed E-state index contributed by atoms with van der Waals surface area (Å²) in [6.07, 6.45) is 0. The minimum atomic E-state index is 0. The molecule has 0 spiro atoms. The third-order valence-electron chi connectivity index (χ3n) is 2.09. The quantitative estimate of drug-likeness (QED) is 0.685. The lowest BCUT2D eigenvalue weighted by Gasteiger charge is -2.00. The van der Waals surface area contributed by atoms with E-state index in [1.165, 1.54) is 10.9 Å². The molecule has 0 aliphatic carbocycles. The predicted molar refractivity (Wildman–Crippen MR) is 61.5 cm³/mol. The summed E-state index contributed by atoms with van der Waals surface area (Å²) in [7, 11) is 0. The van der Waals surface area contributed by atoms with E-state index in [1.54, 1.807) is 0 Å². The van der Waals surface area contributed by atoms with Crippen LogP contribution in [0.1, 0.15) is 11.3 Å². The van der Waals surface area contributed by atoms with Crippen LogP contribution in [0.3, 0.4) is 0 Å². The van der Waals surface area contributed by atoms with Crippen molar-refractivity contribution in [1.29, 1.82) is 0 Å². The van der Waals surface area contributed by atoms with Crippen molar-refractivity contribution < 1.29 is 0 Å². The monoisotopic (exact) mass is 237 g/mol. The zero-order chi connectivity index (χ0) is 8.55. The van der Waals surface area contributed by atoms with Crippen molar-refractivity contribution in [2.75, 3.05) is 0 Å². The molecule has 13 heavy (non-hydrogen) atoms. The van der Waals surface area contributed by atoms with Crippen LogP contribution in [0.25, 0.3) is 10.9 Å². The molecule has 0 N–H and O–H groups in total. The molecule has 0 radical (unpaired) electrons. The van der Waals surface area contributed by atoms with Crippen LogP contribution in [0.15, 0.2) is 30.3 Å². The van der Waals surface area contributed by atoms with E-state index >= 15 is 0 Å². The number of hydrogen-bond donors (Lipinski definition) is 0. The number of hydrogen-bond acceptors (Lipinski definition) is 1. The number of aryl methyl sites for hydroxylation is 2. The first-order valence-electron chi connectivity index (χ1n) is 4.10. The number of benzene rings is 1. The minimum Gasteiger partial charge on any atom is -0.253 e. The Balaban J connectivity index is 0.000000845. The molecule has 2 aromatic rings. The van der Waals surface area contributed by atoms with Crippen LogP contribution in [-0.2, 0) is 0 Å². The van der Waals surface area contributed by atoms with E-state index in [2.05, 4.69) is 36.2 Å². The summed E-state index contributed by atoms with van der Waals surface area (Å²) in [5, 5.41) is 1.25. The van der Waals surface area contributed by atoms with Crippen molar-refractivity contribution in [3.63, 3.8) is 0 Å². The first-order valence-corrected chi connectivity index (χ1v) is 4.10. The molecule has 0 saturated carbocycles. The van der Waals surface area contributed by atoms with Crippen molar-refractivity contribution in [3.8, 4) is 0 Å². The number of fused-ring (bicyclic) bond motifs is 1. The van der Waals surface area contributed by atoms with Crippen LogP contribution >= 0.6 is 17.0 Å². The predicted octanol–water partition coefficient (Wildman–Crippen LogP) is 3.43. The molecule has 2 heteroatoms. The Labute approximate surface area is 88.6 Å². The third-order valence-corrected chi connectivity index (χ3v) is 2.09. The van der Waals surface area contributed by atoms with Gasteiger partial charge in [0.2, 0.25) is 0 Å². The summed E-state index contributed by atoms with van der Waals surface area (Å²) in [6.45, 7) is 4.13. The molecule has 1 heterocycles.